The molecule has 0 fully saturated rings. The van der Waals surface area contributed by atoms with Crippen LogP contribution in [0.1, 0.15) is 50.0 Å². The minimum absolute atomic E-state index is 0.330. The van der Waals surface area contributed by atoms with Crippen molar-refractivity contribution in [1.82, 2.24) is 14.5 Å². The van der Waals surface area contributed by atoms with Crippen LogP contribution in [0.3, 0.4) is 0 Å². The standard InChI is InChI=1S/C24H27N5O/c1-2-3-15-21-27-22-23(18-12-7-8-13-20(18)26-24(22)25)29(21)16-9-14-19(28-30)17-10-5-4-6-11-17/h4-8,10-13,19H,2-3,9,14-16H2,1H3,(H2,25,26). The maximum absolute atomic E-state index is 11.4. The summed E-state index contributed by atoms with van der Waals surface area (Å²) in [6.07, 6.45) is 4.58. The Bertz CT molecular complexity index is 1150. The van der Waals surface area contributed by atoms with Crippen molar-refractivity contribution in [2.24, 2.45) is 5.18 Å². The number of pyridine rings is 1. The van der Waals surface area contributed by atoms with Gasteiger partial charge in [-0.1, -0.05) is 67.1 Å². The van der Waals surface area contributed by atoms with Gasteiger partial charge in [0, 0.05) is 18.4 Å². The molecule has 2 heterocycles. The largest absolute Gasteiger partial charge is 0.382 e. The summed E-state index contributed by atoms with van der Waals surface area (Å²) in [7, 11) is 0. The number of nitrogens with zero attached hydrogens (tertiary/aromatic N) is 4. The van der Waals surface area contributed by atoms with Gasteiger partial charge in [-0.25, -0.2) is 9.97 Å². The molecule has 0 saturated heterocycles. The second-order valence-electron chi connectivity index (χ2n) is 7.67. The number of rotatable bonds is 9. The Hall–Kier alpha value is -3.28. The lowest BCUT2D eigenvalue weighted by atomic mass is 10.0. The fourth-order valence-electron chi connectivity index (χ4n) is 4.07. The summed E-state index contributed by atoms with van der Waals surface area (Å²) in [5.74, 6) is 1.50. The van der Waals surface area contributed by atoms with Crippen LogP contribution in [-0.4, -0.2) is 14.5 Å². The van der Waals surface area contributed by atoms with Crippen molar-refractivity contribution in [2.75, 3.05) is 5.73 Å². The third-order valence-electron chi connectivity index (χ3n) is 5.61. The summed E-state index contributed by atoms with van der Waals surface area (Å²) in [4.78, 5) is 20.9. The lowest BCUT2D eigenvalue weighted by Crippen LogP contribution is -2.06. The van der Waals surface area contributed by atoms with Gasteiger partial charge in [-0.05, 0) is 30.9 Å². The molecule has 2 aromatic carbocycles. The van der Waals surface area contributed by atoms with Gasteiger partial charge in [0.05, 0.1) is 11.0 Å². The first-order valence-corrected chi connectivity index (χ1v) is 10.6. The van der Waals surface area contributed by atoms with Gasteiger partial charge in [0.25, 0.3) is 0 Å². The van der Waals surface area contributed by atoms with E-state index in [0.717, 1.165) is 65.6 Å². The molecule has 6 nitrogen and oxygen atoms in total. The maximum atomic E-state index is 11.4. The van der Waals surface area contributed by atoms with Gasteiger partial charge in [-0.2, -0.15) is 4.91 Å². The molecule has 0 spiro atoms. The minimum Gasteiger partial charge on any atom is -0.382 e. The zero-order chi connectivity index (χ0) is 20.9. The Morgan fingerprint density at radius 2 is 1.80 bits per heavy atom. The van der Waals surface area contributed by atoms with E-state index in [1.165, 1.54) is 0 Å². The number of anilines is 1. The zero-order valence-electron chi connectivity index (χ0n) is 17.3. The number of unbranched alkanes of at least 4 members (excludes halogenated alkanes) is 1. The molecule has 6 heteroatoms. The summed E-state index contributed by atoms with van der Waals surface area (Å²) >= 11 is 0. The first-order chi connectivity index (χ1) is 14.7. The van der Waals surface area contributed by atoms with Gasteiger partial charge >= 0.3 is 0 Å². The van der Waals surface area contributed by atoms with Crippen molar-refractivity contribution < 1.29 is 0 Å². The number of benzene rings is 2. The lowest BCUT2D eigenvalue weighted by Gasteiger charge is -2.13. The topological polar surface area (TPSA) is 86.2 Å². The molecule has 4 aromatic rings. The van der Waals surface area contributed by atoms with Crippen LogP contribution in [-0.2, 0) is 13.0 Å². The van der Waals surface area contributed by atoms with E-state index in [2.05, 4.69) is 27.7 Å². The highest BCUT2D eigenvalue weighted by Crippen LogP contribution is 2.30. The van der Waals surface area contributed by atoms with Gasteiger partial charge in [-0.3, -0.25) is 0 Å². The highest BCUT2D eigenvalue weighted by atomic mass is 16.3. The lowest BCUT2D eigenvalue weighted by molar-refractivity contribution is 0.541. The number of imidazole rings is 1. The second kappa shape index (κ2) is 9.03. The number of para-hydroxylation sites is 1. The number of hydrogen-bond acceptors (Lipinski definition) is 5. The average molecular weight is 402 g/mol. The van der Waals surface area contributed by atoms with Crippen LogP contribution < -0.4 is 5.73 Å². The molecule has 0 saturated carbocycles. The molecule has 154 valence electrons. The molecule has 4 rings (SSSR count). The monoisotopic (exact) mass is 401 g/mol. The Balaban J connectivity index is 1.68. The number of nitrogens with two attached hydrogens (primary N) is 1. The molecule has 0 bridgehead atoms. The molecule has 0 aliphatic rings. The van der Waals surface area contributed by atoms with Gasteiger partial charge in [0.1, 0.15) is 17.4 Å². The first-order valence-electron chi connectivity index (χ1n) is 10.6. The molecule has 0 radical (unpaired) electrons. The third kappa shape index (κ3) is 3.90. The minimum atomic E-state index is -0.330. The van der Waals surface area contributed by atoms with Gasteiger partial charge in [-0.15, -0.1) is 0 Å². The van der Waals surface area contributed by atoms with Crippen LogP contribution in [0, 0.1) is 4.91 Å². The Morgan fingerprint density at radius 3 is 2.57 bits per heavy atom. The third-order valence-corrected chi connectivity index (χ3v) is 5.61. The number of aromatic nitrogens is 3. The second-order valence-corrected chi connectivity index (χ2v) is 7.67. The molecule has 0 aliphatic heterocycles. The molecule has 1 atom stereocenters. The SMILES string of the molecule is CCCCc1nc2c(N)nc3ccccc3c2n1CCCC(N=O)c1ccccc1. The molecule has 0 amide bonds. The Morgan fingerprint density at radius 1 is 1.03 bits per heavy atom. The summed E-state index contributed by atoms with van der Waals surface area (Å²) < 4.78 is 2.28. The number of aryl methyl sites for hydroxylation is 2. The molecule has 1 unspecified atom stereocenters. The van der Waals surface area contributed by atoms with E-state index in [9.17, 15) is 4.91 Å². The molecular formula is C24H27N5O. The van der Waals surface area contributed by atoms with E-state index in [1.807, 2.05) is 48.5 Å². The number of nitrogen functional groups attached to an aromatic ring is 1. The molecule has 2 aromatic heterocycles. The van der Waals surface area contributed by atoms with E-state index in [4.69, 9.17) is 10.7 Å². The Labute approximate surface area is 176 Å². The van der Waals surface area contributed by atoms with E-state index in [1.54, 1.807) is 0 Å². The van der Waals surface area contributed by atoms with Crippen molar-refractivity contribution >= 4 is 27.8 Å². The van der Waals surface area contributed by atoms with E-state index in [-0.39, 0.29) is 6.04 Å². The van der Waals surface area contributed by atoms with Crippen molar-refractivity contribution in [3.63, 3.8) is 0 Å². The van der Waals surface area contributed by atoms with Crippen LogP contribution in [0.2, 0.25) is 0 Å². The smallest absolute Gasteiger partial charge is 0.152 e. The van der Waals surface area contributed by atoms with Crippen LogP contribution in [0.25, 0.3) is 21.9 Å². The molecule has 0 aliphatic carbocycles. The van der Waals surface area contributed by atoms with Crippen molar-refractivity contribution in [3.8, 4) is 0 Å². The predicted molar refractivity (Wildman–Crippen MR) is 122 cm³/mol. The number of hydrogen-bond donors (Lipinski definition) is 1. The van der Waals surface area contributed by atoms with Crippen molar-refractivity contribution in [3.05, 3.63) is 70.9 Å². The van der Waals surface area contributed by atoms with Crippen LogP contribution in [0.4, 0.5) is 5.82 Å². The normalized spacial score (nSPS) is 12.4. The van der Waals surface area contributed by atoms with Crippen LogP contribution in [0.15, 0.2) is 59.8 Å². The average Bonchev–Trinajstić information content (AvgIpc) is 3.15. The van der Waals surface area contributed by atoms with E-state index < -0.39 is 0 Å². The number of nitroso groups, excluding NO2 is 1. The summed E-state index contributed by atoms with van der Waals surface area (Å²) in [5, 5.41) is 4.43. The van der Waals surface area contributed by atoms with Crippen molar-refractivity contribution in [1.29, 1.82) is 0 Å². The quantitative estimate of drug-likeness (QED) is 0.359. The summed E-state index contributed by atoms with van der Waals surface area (Å²) in [6.45, 7) is 2.94. The highest BCUT2D eigenvalue weighted by Gasteiger charge is 2.18. The molecule has 2 N–H and O–H groups in total. The maximum Gasteiger partial charge on any atom is 0.152 e. The van der Waals surface area contributed by atoms with Gasteiger partial charge in [0.15, 0.2) is 5.82 Å². The molecule has 30 heavy (non-hydrogen) atoms. The number of fused-ring (bicyclic) bond motifs is 3. The van der Waals surface area contributed by atoms with Crippen molar-refractivity contribution in [2.45, 2.75) is 51.6 Å². The van der Waals surface area contributed by atoms with Crippen LogP contribution >= 0.6 is 0 Å². The summed E-state index contributed by atoms with van der Waals surface area (Å²) in [6, 6.07) is 17.5. The van der Waals surface area contributed by atoms with E-state index >= 15 is 0 Å². The predicted octanol–water partition coefficient (Wildman–Crippen LogP) is 5.80. The first kappa shape index (κ1) is 20.0. The van der Waals surface area contributed by atoms with E-state index in [0.29, 0.717) is 12.2 Å². The van der Waals surface area contributed by atoms with Gasteiger partial charge < -0.3 is 10.3 Å². The fourth-order valence-corrected chi connectivity index (χ4v) is 4.07. The highest BCUT2D eigenvalue weighted by molar-refractivity contribution is 6.06. The molecular weight excluding hydrogens is 374 g/mol. The summed E-state index contributed by atoms with van der Waals surface area (Å²) in [5.41, 5.74) is 9.92. The fraction of sp³-hybridized carbons (Fsp3) is 0.333. The van der Waals surface area contributed by atoms with Crippen LogP contribution in [0.5, 0.6) is 0 Å². The zero-order valence-corrected chi connectivity index (χ0v) is 17.3. The Kier molecular flexibility index (Phi) is 6.02. The van der Waals surface area contributed by atoms with Gasteiger partial charge in [0.2, 0.25) is 0 Å².